The molecule has 6 heteroatoms. The number of hydrogen-bond donors (Lipinski definition) is 1. The Morgan fingerprint density at radius 3 is 2.26 bits per heavy atom. The van der Waals surface area contributed by atoms with Gasteiger partial charge >= 0.3 is 0 Å². The zero-order valence-corrected chi connectivity index (χ0v) is 23.8. The summed E-state index contributed by atoms with van der Waals surface area (Å²) < 4.78 is 1.80. The lowest BCUT2D eigenvalue weighted by Gasteiger charge is -2.23. The van der Waals surface area contributed by atoms with Crippen LogP contribution in [-0.4, -0.2) is 33.0 Å². The normalized spacial score (nSPS) is 11.4. The first-order valence-corrected chi connectivity index (χ1v) is 14.0. The van der Waals surface area contributed by atoms with E-state index >= 15 is 0 Å². The van der Waals surface area contributed by atoms with Crippen LogP contribution in [0.15, 0.2) is 60.7 Å². The summed E-state index contributed by atoms with van der Waals surface area (Å²) in [6, 6.07) is 19.8. The summed E-state index contributed by atoms with van der Waals surface area (Å²) in [7, 11) is 0. The highest BCUT2D eigenvalue weighted by molar-refractivity contribution is 5.94. The van der Waals surface area contributed by atoms with Gasteiger partial charge < -0.3 is 10.2 Å². The van der Waals surface area contributed by atoms with E-state index in [1.54, 1.807) is 9.58 Å². The van der Waals surface area contributed by atoms with Gasteiger partial charge in [-0.3, -0.25) is 9.59 Å². The minimum absolute atomic E-state index is 0.00658. The van der Waals surface area contributed by atoms with Crippen LogP contribution in [0.1, 0.15) is 89.5 Å². The summed E-state index contributed by atoms with van der Waals surface area (Å²) in [6.45, 7) is 10.9. The van der Waals surface area contributed by atoms with E-state index in [4.69, 9.17) is 5.10 Å². The lowest BCUT2D eigenvalue weighted by atomic mass is 9.92. The Morgan fingerprint density at radius 1 is 0.921 bits per heavy atom. The number of rotatable bonds is 13. The standard InChI is InChI=1S/C32H44N4O2/c1-6-7-8-9-10-14-21-31(38)35(23-26-18-12-11-13-19-26)24-30(37)33-29-22-28(32(3,4)5)34-36(29)27-20-16-15-17-25(27)2/h11-13,15-20,22H,6-10,14,21,23-24H2,1-5H3,(H,33,37). The maximum Gasteiger partial charge on any atom is 0.245 e. The molecule has 0 unspecified atom stereocenters. The van der Waals surface area contributed by atoms with Crippen LogP contribution < -0.4 is 5.32 Å². The van der Waals surface area contributed by atoms with Crippen molar-refractivity contribution in [3.8, 4) is 5.69 Å². The van der Waals surface area contributed by atoms with E-state index in [0.29, 0.717) is 18.8 Å². The van der Waals surface area contributed by atoms with E-state index < -0.39 is 0 Å². The number of carbonyl (C=O) groups excluding carboxylic acids is 2. The summed E-state index contributed by atoms with van der Waals surface area (Å²) in [5.74, 6) is 0.395. The van der Waals surface area contributed by atoms with Crippen molar-refractivity contribution in [3.05, 3.63) is 77.5 Å². The Bertz CT molecular complexity index is 1180. The molecule has 0 saturated carbocycles. The van der Waals surface area contributed by atoms with Crippen LogP contribution in [0.4, 0.5) is 5.82 Å². The molecule has 1 N–H and O–H groups in total. The molecule has 0 saturated heterocycles. The number of nitrogens with zero attached hydrogens (tertiary/aromatic N) is 3. The highest BCUT2D eigenvalue weighted by atomic mass is 16.2. The molecule has 38 heavy (non-hydrogen) atoms. The van der Waals surface area contributed by atoms with E-state index in [2.05, 4.69) is 33.0 Å². The zero-order valence-electron chi connectivity index (χ0n) is 23.8. The topological polar surface area (TPSA) is 67.2 Å². The lowest BCUT2D eigenvalue weighted by Crippen LogP contribution is -2.37. The molecule has 3 rings (SSSR count). The van der Waals surface area contributed by atoms with Crippen molar-refractivity contribution in [1.29, 1.82) is 0 Å². The average molecular weight is 517 g/mol. The second-order valence-corrected chi connectivity index (χ2v) is 11.2. The van der Waals surface area contributed by atoms with Gasteiger partial charge in [0.25, 0.3) is 0 Å². The predicted molar refractivity (Wildman–Crippen MR) is 155 cm³/mol. The van der Waals surface area contributed by atoms with Gasteiger partial charge in [0.2, 0.25) is 11.8 Å². The van der Waals surface area contributed by atoms with E-state index in [9.17, 15) is 9.59 Å². The largest absolute Gasteiger partial charge is 0.329 e. The molecule has 0 radical (unpaired) electrons. The molecule has 6 nitrogen and oxygen atoms in total. The molecule has 0 atom stereocenters. The van der Waals surface area contributed by atoms with E-state index in [1.165, 1.54) is 19.3 Å². The van der Waals surface area contributed by atoms with Gasteiger partial charge in [0.05, 0.1) is 11.4 Å². The fraction of sp³-hybridized carbons (Fsp3) is 0.469. The molecule has 0 fully saturated rings. The Balaban J connectivity index is 1.76. The molecule has 1 aromatic heterocycles. The SMILES string of the molecule is CCCCCCCCC(=O)N(CC(=O)Nc1cc(C(C)(C)C)nn1-c1ccccc1C)Cc1ccccc1. The van der Waals surface area contributed by atoms with Crippen molar-refractivity contribution < 1.29 is 9.59 Å². The Morgan fingerprint density at radius 2 is 1.58 bits per heavy atom. The predicted octanol–water partition coefficient (Wildman–Crippen LogP) is 7.20. The number of nitrogens with one attached hydrogen (secondary N) is 1. The molecule has 0 spiro atoms. The van der Waals surface area contributed by atoms with Crippen LogP contribution in [0.2, 0.25) is 0 Å². The second-order valence-electron chi connectivity index (χ2n) is 11.2. The van der Waals surface area contributed by atoms with Crippen molar-refractivity contribution in [3.63, 3.8) is 0 Å². The van der Waals surface area contributed by atoms with Crippen LogP contribution in [-0.2, 0) is 21.5 Å². The Hall–Kier alpha value is -3.41. The minimum atomic E-state index is -0.229. The fourth-order valence-corrected chi connectivity index (χ4v) is 4.43. The maximum absolute atomic E-state index is 13.3. The summed E-state index contributed by atoms with van der Waals surface area (Å²) in [4.78, 5) is 28.2. The van der Waals surface area contributed by atoms with Crippen LogP contribution >= 0.6 is 0 Å². The quantitative estimate of drug-likeness (QED) is 0.244. The third kappa shape index (κ3) is 8.57. The van der Waals surface area contributed by atoms with E-state index in [1.807, 2.05) is 67.6 Å². The molecule has 2 aromatic carbocycles. The average Bonchev–Trinajstić information content (AvgIpc) is 3.30. The molecule has 1 heterocycles. The van der Waals surface area contributed by atoms with Gasteiger partial charge in [-0.1, -0.05) is 108 Å². The van der Waals surface area contributed by atoms with Crippen molar-refractivity contribution >= 4 is 17.6 Å². The summed E-state index contributed by atoms with van der Waals surface area (Å²) >= 11 is 0. The van der Waals surface area contributed by atoms with Gasteiger partial charge in [-0.05, 0) is 30.5 Å². The van der Waals surface area contributed by atoms with Crippen molar-refractivity contribution in [1.82, 2.24) is 14.7 Å². The van der Waals surface area contributed by atoms with Crippen molar-refractivity contribution in [2.45, 2.75) is 91.5 Å². The summed E-state index contributed by atoms with van der Waals surface area (Å²) in [6.07, 6.45) is 7.17. The van der Waals surface area contributed by atoms with Gasteiger partial charge in [0.1, 0.15) is 12.4 Å². The van der Waals surface area contributed by atoms with E-state index in [0.717, 1.165) is 41.8 Å². The Kier molecular flexibility index (Phi) is 10.7. The van der Waals surface area contributed by atoms with E-state index in [-0.39, 0.29) is 23.8 Å². The van der Waals surface area contributed by atoms with Gasteiger partial charge in [0, 0.05) is 24.4 Å². The van der Waals surface area contributed by atoms with Crippen LogP contribution in [0.3, 0.4) is 0 Å². The fourth-order valence-electron chi connectivity index (χ4n) is 4.43. The minimum Gasteiger partial charge on any atom is -0.329 e. The molecule has 0 aliphatic carbocycles. The van der Waals surface area contributed by atoms with Crippen molar-refractivity contribution in [2.75, 3.05) is 11.9 Å². The zero-order chi connectivity index (χ0) is 27.5. The number of unbranched alkanes of at least 4 members (excludes halogenated alkanes) is 5. The van der Waals surface area contributed by atoms with Crippen LogP contribution in [0, 0.1) is 6.92 Å². The lowest BCUT2D eigenvalue weighted by molar-refractivity contribution is -0.135. The first-order valence-electron chi connectivity index (χ1n) is 14.0. The monoisotopic (exact) mass is 516 g/mol. The smallest absolute Gasteiger partial charge is 0.245 e. The van der Waals surface area contributed by atoms with Gasteiger partial charge in [-0.2, -0.15) is 5.10 Å². The third-order valence-electron chi connectivity index (χ3n) is 6.74. The number of amides is 2. The number of carbonyl (C=O) groups is 2. The second kappa shape index (κ2) is 13.9. The first-order chi connectivity index (χ1) is 18.2. The number of para-hydroxylation sites is 1. The molecular formula is C32H44N4O2. The molecule has 0 bridgehead atoms. The molecule has 0 aliphatic rings. The summed E-state index contributed by atoms with van der Waals surface area (Å²) in [5, 5.41) is 7.90. The summed E-state index contributed by atoms with van der Waals surface area (Å²) in [5.41, 5.74) is 3.69. The number of aryl methyl sites for hydroxylation is 1. The molecule has 3 aromatic rings. The van der Waals surface area contributed by atoms with Gasteiger partial charge in [-0.15, -0.1) is 0 Å². The van der Waals surface area contributed by atoms with Gasteiger partial charge in [-0.25, -0.2) is 4.68 Å². The molecular weight excluding hydrogens is 472 g/mol. The molecule has 0 aliphatic heterocycles. The Labute approximate surface area is 228 Å². The van der Waals surface area contributed by atoms with Crippen LogP contribution in [0.25, 0.3) is 5.69 Å². The van der Waals surface area contributed by atoms with Gasteiger partial charge in [0.15, 0.2) is 0 Å². The highest BCUT2D eigenvalue weighted by Gasteiger charge is 2.23. The maximum atomic E-state index is 13.3. The molecule has 204 valence electrons. The van der Waals surface area contributed by atoms with Crippen LogP contribution in [0.5, 0.6) is 0 Å². The van der Waals surface area contributed by atoms with Crippen molar-refractivity contribution in [2.24, 2.45) is 0 Å². The molecule has 2 amide bonds. The number of anilines is 1. The third-order valence-corrected chi connectivity index (χ3v) is 6.74. The number of aromatic nitrogens is 2. The number of hydrogen-bond acceptors (Lipinski definition) is 3. The highest BCUT2D eigenvalue weighted by Crippen LogP contribution is 2.27. The first kappa shape index (κ1) is 29.2. The number of benzene rings is 2.